The fourth-order valence-corrected chi connectivity index (χ4v) is 3.49. The van der Waals surface area contributed by atoms with Gasteiger partial charge in [0.15, 0.2) is 6.10 Å². The fraction of sp³-hybridized carbons (Fsp3) is 0.320. The summed E-state index contributed by atoms with van der Waals surface area (Å²) in [5.74, 6) is 0.655. The van der Waals surface area contributed by atoms with Gasteiger partial charge in [-0.2, -0.15) is 0 Å². The van der Waals surface area contributed by atoms with Crippen LogP contribution in [0.5, 0.6) is 5.75 Å². The molecule has 3 rings (SSSR count). The monoisotopic (exact) mass is 390 g/mol. The molecule has 0 spiro atoms. The lowest BCUT2D eigenvalue weighted by Crippen LogP contribution is -2.37. The number of rotatable bonds is 9. The summed E-state index contributed by atoms with van der Waals surface area (Å²) in [5, 5.41) is 5.14. The van der Waals surface area contributed by atoms with E-state index >= 15 is 0 Å². The Hall–Kier alpha value is -3.01. The summed E-state index contributed by atoms with van der Waals surface area (Å²) in [5.41, 5.74) is 2.28. The Bertz CT molecular complexity index is 928. The van der Waals surface area contributed by atoms with E-state index in [9.17, 15) is 4.79 Å². The normalized spacial score (nSPS) is 11.8. The first-order valence-electron chi connectivity index (χ1n) is 10.4. The highest BCUT2D eigenvalue weighted by atomic mass is 16.5. The molecule has 0 saturated heterocycles. The number of nitrogens with one attached hydrogen (secondary N) is 1. The van der Waals surface area contributed by atoms with E-state index in [2.05, 4.69) is 48.3 Å². The van der Waals surface area contributed by atoms with Crippen molar-refractivity contribution < 1.29 is 9.53 Å². The highest BCUT2D eigenvalue weighted by Crippen LogP contribution is 2.26. The van der Waals surface area contributed by atoms with Crippen molar-refractivity contribution in [2.45, 2.75) is 39.8 Å². The zero-order valence-electron chi connectivity index (χ0n) is 17.5. The lowest BCUT2D eigenvalue weighted by molar-refractivity contribution is -0.128. The summed E-state index contributed by atoms with van der Waals surface area (Å²) in [4.78, 5) is 15.0. The highest BCUT2D eigenvalue weighted by Gasteiger charge is 2.19. The maximum absolute atomic E-state index is 12.7. The van der Waals surface area contributed by atoms with Crippen molar-refractivity contribution in [3.05, 3.63) is 72.3 Å². The molecule has 0 aliphatic heterocycles. The zero-order chi connectivity index (χ0) is 20.6. The van der Waals surface area contributed by atoms with Gasteiger partial charge in [0.25, 0.3) is 5.91 Å². The van der Waals surface area contributed by atoms with Crippen molar-refractivity contribution in [3.63, 3.8) is 0 Å². The van der Waals surface area contributed by atoms with Gasteiger partial charge in [0.1, 0.15) is 5.75 Å². The lowest BCUT2D eigenvalue weighted by atomic mass is 10.1. The molecule has 1 N–H and O–H groups in total. The SMILES string of the molecule is CC[C@H](Oc1cccc2ccccc12)C(=O)NCc1ccc(N(CC)CC)cc1. The van der Waals surface area contributed by atoms with Crippen LogP contribution >= 0.6 is 0 Å². The Balaban J connectivity index is 1.63. The molecule has 29 heavy (non-hydrogen) atoms. The van der Waals surface area contributed by atoms with E-state index in [4.69, 9.17) is 4.74 Å². The number of hydrogen-bond donors (Lipinski definition) is 1. The third-order valence-electron chi connectivity index (χ3n) is 5.21. The molecule has 0 fully saturated rings. The Labute approximate surface area is 173 Å². The third-order valence-corrected chi connectivity index (χ3v) is 5.21. The standard InChI is InChI=1S/C25H30N2O2/c1-4-23(29-24-13-9-11-20-10-7-8-12-22(20)24)25(28)26-18-19-14-16-21(17-15-19)27(5-2)6-3/h7-17,23H,4-6,18H2,1-3H3,(H,26,28)/t23-/m0/s1. The number of carbonyl (C=O) groups excluding carboxylic acids is 1. The highest BCUT2D eigenvalue weighted by molar-refractivity contribution is 5.89. The van der Waals surface area contributed by atoms with Crippen LogP contribution in [0.15, 0.2) is 66.7 Å². The fourth-order valence-electron chi connectivity index (χ4n) is 3.49. The minimum atomic E-state index is -0.518. The molecule has 1 atom stereocenters. The summed E-state index contributed by atoms with van der Waals surface area (Å²) in [6.07, 6.45) is 0.0893. The third kappa shape index (κ3) is 5.08. The predicted octanol–water partition coefficient (Wildman–Crippen LogP) is 5.16. The second-order valence-electron chi connectivity index (χ2n) is 7.05. The summed E-state index contributed by atoms with van der Waals surface area (Å²) in [7, 11) is 0. The van der Waals surface area contributed by atoms with E-state index in [0.29, 0.717) is 13.0 Å². The summed E-state index contributed by atoms with van der Waals surface area (Å²) in [6.45, 7) is 8.73. The number of hydrogen-bond acceptors (Lipinski definition) is 3. The van der Waals surface area contributed by atoms with Gasteiger partial charge in [-0.15, -0.1) is 0 Å². The van der Waals surface area contributed by atoms with Gasteiger partial charge in [-0.25, -0.2) is 0 Å². The van der Waals surface area contributed by atoms with E-state index in [1.54, 1.807) is 0 Å². The molecule has 0 aromatic heterocycles. The molecule has 4 heteroatoms. The van der Waals surface area contributed by atoms with Crippen LogP contribution in [0.1, 0.15) is 32.8 Å². The second-order valence-corrected chi connectivity index (χ2v) is 7.05. The Morgan fingerprint density at radius 2 is 1.62 bits per heavy atom. The smallest absolute Gasteiger partial charge is 0.261 e. The van der Waals surface area contributed by atoms with Gasteiger partial charge in [0.05, 0.1) is 0 Å². The number of fused-ring (bicyclic) bond motifs is 1. The summed E-state index contributed by atoms with van der Waals surface area (Å²) in [6, 6.07) is 22.3. The molecular weight excluding hydrogens is 360 g/mol. The van der Waals surface area contributed by atoms with Crippen molar-refractivity contribution >= 4 is 22.4 Å². The maximum Gasteiger partial charge on any atom is 0.261 e. The minimum Gasteiger partial charge on any atom is -0.480 e. The number of anilines is 1. The van der Waals surface area contributed by atoms with Crippen molar-refractivity contribution in [2.75, 3.05) is 18.0 Å². The number of ether oxygens (including phenoxy) is 1. The summed E-state index contributed by atoms with van der Waals surface area (Å²) >= 11 is 0. The number of carbonyl (C=O) groups is 1. The average molecular weight is 391 g/mol. The molecule has 4 nitrogen and oxygen atoms in total. The van der Waals surface area contributed by atoms with E-state index in [1.807, 2.05) is 49.4 Å². The van der Waals surface area contributed by atoms with Crippen LogP contribution in [0, 0.1) is 0 Å². The molecule has 0 radical (unpaired) electrons. The van der Waals surface area contributed by atoms with Crippen molar-refractivity contribution in [1.29, 1.82) is 0 Å². The largest absolute Gasteiger partial charge is 0.480 e. The zero-order valence-corrected chi connectivity index (χ0v) is 17.5. The molecule has 3 aromatic carbocycles. The molecule has 0 aliphatic carbocycles. The molecule has 0 aliphatic rings. The number of benzene rings is 3. The van der Waals surface area contributed by atoms with E-state index in [-0.39, 0.29) is 5.91 Å². The van der Waals surface area contributed by atoms with Crippen LogP contribution in [0.2, 0.25) is 0 Å². The maximum atomic E-state index is 12.7. The van der Waals surface area contributed by atoms with Gasteiger partial charge in [0, 0.05) is 30.7 Å². The molecule has 0 heterocycles. The van der Waals surface area contributed by atoms with Gasteiger partial charge >= 0.3 is 0 Å². The summed E-state index contributed by atoms with van der Waals surface area (Å²) < 4.78 is 6.09. The Morgan fingerprint density at radius 3 is 2.31 bits per heavy atom. The van der Waals surface area contributed by atoms with E-state index < -0.39 is 6.10 Å². The van der Waals surface area contributed by atoms with Gasteiger partial charge < -0.3 is 15.0 Å². The Morgan fingerprint density at radius 1 is 0.931 bits per heavy atom. The minimum absolute atomic E-state index is 0.0896. The molecule has 0 unspecified atom stereocenters. The predicted molar refractivity (Wildman–Crippen MR) is 121 cm³/mol. The first kappa shape index (κ1) is 20.7. The van der Waals surface area contributed by atoms with E-state index in [1.165, 1.54) is 5.69 Å². The van der Waals surface area contributed by atoms with Crippen LogP contribution in [0.3, 0.4) is 0 Å². The first-order valence-corrected chi connectivity index (χ1v) is 10.4. The molecule has 152 valence electrons. The van der Waals surface area contributed by atoms with Crippen LogP contribution in [-0.4, -0.2) is 25.1 Å². The molecule has 1 amide bonds. The number of nitrogens with zero attached hydrogens (tertiary/aromatic N) is 1. The van der Waals surface area contributed by atoms with Gasteiger partial charge in [0.2, 0.25) is 0 Å². The van der Waals surface area contributed by atoms with Crippen molar-refractivity contribution in [2.24, 2.45) is 0 Å². The second kappa shape index (κ2) is 9.97. The van der Waals surface area contributed by atoms with E-state index in [0.717, 1.165) is 35.2 Å². The first-order chi connectivity index (χ1) is 14.2. The number of amides is 1. The van der Waals surface area contributed by atoms with Crippen molar-refractivity contribution in [3.8, 4) is 5.75 Å². The molecule has 0 saturated carbocycles. The van der Waals surface area contributed by atoms with Gasteiger partial charge in [-0.1, -0.05) is 55.5 Å². The topological polar surface area (TPSA) is 41.6 Å². The van der Waals surface area contributed by atoms with Crippen molar-refractivity contribution in [1.82, 2.24) is 5.32 Å². The van der Waals surface area contributed by atoms with Crippen LogP contribution < -0.4 is 15.0 Å². The van der Waals surface area contributed by atoms with Gasteiger partial charge in [-0.05, 0) is 49.4 Å². The molecular formula is C25H30N2O2. The Kier molecular flexibility index (Phi) is 7.12. The van der Waals surface area contributed by atoms with Crippen LogP contribution in [-0.2, 0) is 11.3 Å². The lowest BCUT2D eigenvalue weighted by Gasteiger charge is -2.21. The van der Waals surface area contributed by atoms with Crippen LogP contribution in [0.4, 0.5) is 5.69 Å². The van der Waals surface area contributed by atoms with Crippen LogP contribution in [0.25, 0.3) is 10.8 Å². The van der Waals surface area contributed by atoms with Gasteiger partial charge in [-0.3, -0.25) is 4.79 Å². The average Bonchev–Trinajstić information content (AvgIpc) is 2.77. The quantitative estimate of drug-likeness (QED) is 0.549. The molecule has 0 bridgehead atoms. The molecule has 3 aromatic rings.